The fraction of sp³-hybridized carbons (Fsp3) is 0.625. The first-order valence-electron chi connectivity index (χ1n) is 15.5. The molecule has 0 spiro atoms. The lowest BCUT2D eigenvalue weighted by atomic mass is 10.2. The van der Waals surface area contributed by atoms with Gasteiger partial charge in [0.1, 0.15) is 12.2 Å². The van der Waals surface area contributed by atoms with Crippen LogP contribution in [0.15, 0.2) is 47.3 Å². The number of allylic oxidation sites excluding steroid dienone is 4. The molecule has 0 aliphatic heterocycles. The van der Waals surface area contributed by atoms with E-state index in [4.69, 9.17) is 37.9 Å². The van der Waals surface area contributed by atoms with Gasteiger partial charge in [-0.25, -0.2) is 19.2 Å². The highest BCUT2D eigenvalue weighted by molar-refractivity contribution is 5.86. The molecule has 2 atom stereocenters. The minimum Gasteiger partial charge on any atom is -0.502 e. The van der Waals surface area contributed by atoms with Crippen LogP contribution in [0.1, 0.15) is 53.4 Å². The highest BCUT2D eigenvalue weighted by Crippen LogP contribution is 2.10. The molecule has 0 rings (SSSR count). The van der Waals surface area contributed by atoms with Gasteiger partial charge in [-0.05, 0) is 52.0 Å². The molecule has 0 fully saturated rings. The zero-order valence-corrected chi connectivity index (χ0v) is 28.1. The second kappa shape index (κ2) is 27.9. The molecule has 0 aromatic rings. The number of carbonyl (C=O) groups is 4. The Hall–Kier alpha value is -4.12. The highest BCUT2D eigenvalue weighted by Gasteiger charge is 2.24. The van der Waals surface area contributed by atoms with Crippen molar-refractivity contribution in [3.05, 3.63) is 47.3 Å². The number of rotatable bonds is 27. The molecule has 0 radical (unpaired) electrons. The largest absolute Gasteiger partial charge is 0.502 e. The maximum Gasteiger partial charge on any atom is 0.373 e. The summed E-state index contributed by atoms with van der Waals surface area (Å²) < 4.78 is 43.3. The Morgan fingerprint density at radius 1 is 0.438 bits per heavy atom. The zero-order chi connectivity index (χ0) is 36.2. The Morgan fingerprint density at radius 2 is 0.688 bits per heavy atom. The molecule has 274 valence electrons. The number of ether oxygens (including phenoxy) is 8. The molecule has 0 aliphatic carbocycles. The molecule has 0 aromatic heterocycles. The molecule has 2 unspecified atom stereocenters. The van der Waals surface area contributed by atoms with Crippen LogP contribution >= 0.6 is 0 Å². The first-order valence-corrected chi connectivity index (χ1v) is 15.5. The molecule has 0 saturated heterocycles. The van der Waals surface area contributed by atoms with E-state index in [1.807, 2.05) is 0 Å². The van der Waals surface area contributed by atoms with Crippen LogP contribution in [-0.2, 0) is 57.1 Å². The van der Waals surface area contributed by atoms with E-state index in [1.54, 1.807) is 0 Å². The van der Waals surface area contributed by atoms with Crippen molar-refractivity contribution >= 4 is 23.9 Å². The Bertz CT molecular complexity index is 994. The number of hydrogen-bond acceptors (Lipinski definition) is 16. The van der Waals surface area contributed by atoms with Gasteiger partial charge in [-0.2, -0.15) is 0 Å². The van der Waals surface area contributed by atoms with Crippen LogP contribution in [0.2, 0.25) is 0 Å². The number of esters is 4. The topological polar surface area (TPSA) is 223 Å². The maximum atomic E-state index is 11.7. The first-order chi connectivity index (χ1) is 23.0. The third-order valence-corrected chi connectivity index (χ3v) is 5.95. The third-order valence-electron chi connectivity index (χ3n) is 5.95. The van der Waals surface area contributed by atoms with Gasteiger partial charge in [-0.3, -0.25) is 0 Å². The maximum absolute atomic E-state index is 11.7. The van der Waals surface area contributed by atoms with Crippen LogP contribution < -0.4 is 0 Å². The molecular weight excluding hydrogens is 640 g/mol. The summed E-state index contributed by atoms with van der Waals surface area (Å²) in [6, 6.07) is 0. The van der Waals surface area contributed by atoms with E-state index < -0.39 is 59.1 Å². The number of carbonyl (C=O) groups excluding carboxylic acids is 4. The van der Waals surface area contributed by atoms with Crippen LogP contribution in [0.5, 0.6) is 0 Å². The first kappa shape index (κ1) is 43.9. The van der Waals surface area contributed by atoms with Gasteiger partial charge in [-0.15, -0.1) is 0 Å². The van der Waals surface area contributed by atoms with E-state index in [9.17, 15) is 39.6 Å². The van der Waals surface area contributed by atoms with Gasteiger partial charge >= 0.3 is 23.9 Å². The van der Waals surface area contributed by atoms with Crippen molar-refractivity contribution in [2.75, 3.05) is 66.1 Å². The average Bonchev–Trinajstić information content (AvgIpc) is 3.10. The number of hydrogen-bond donors (Lipinski definition) is 4. The zero-order valence-electron chi connectivity index (χ0n) is 28.1. The standard InChI is InChI=1S/C32H50O16/c1-5-23(33)29(37)45-17-9-13-41-21-27(43-15-11-19-47-31(39)25(35)7-3)28(44-16-12-20-48-32(40)26(36)8-4)22-42-14-10-18-46-30(38)24(34)6-2/h5-8,27-28,33-36H,9-22H2,1-4H3. The molecule has 0 bridgehead atoms. The SMILES string of the molecule is CC=C(O)C(=O)OCCCOCC(OCCCOC(=O)C(O)=CC)C(COCCCOC(=O)C(O)=CC)OCCCOC(=O)C(O)=CC. The molecule has 0 heterocycles. The lowest BCUT2D eigenvalue weighted by Gasteiger charge is -2.27. The molecule has 16 nitrogen and oxygen atoms in total. The fourth-order valence-corrected chi connectivity index (χ4v) is 3.26. The minimum atomic E-state index is -0.870. The number of aliphatic hydroxyl groups is 4. The van der Waals surface area contributed by atoms with Crippen LogP contribution in [-0.4, -0.2) is 123 Å². The summed E-state index contributed by atoms with van der Waals surface area (Å²) in [5, 5.41) is 37.7. The van der Waals surface area contributed by atoms with Crippen molar-refractivity contribution in [3.63, 3.8) is 0 Å². The molecule has 0 aliphatic rings. The van der Waals surface area contributed by atoms with Crippen LogP contribution in [0, 0.1) is 0 Å². The van der Waals surface area contributed by atoms with Gasteiger partial charge in [0.05, 0.1) is 52.9 Å². The molecule has 0 saturated carbocycles. The quantitative estimate of drug-likeness (QED) is 0.0319. The summed E-state index contributed by atoms with van der Waals surface area (Å²) in [6.07, 6.45) is 4.56. The van der Waals surface area contributed by atoms with E-state index >= 15 is 0 Å². The smallest absolute Gasteiger partial charge is 0.373 e. The summed E-state index contributed by atoms with van der Waals surface area (Å²) in [6.45, 7) is 6.39. The van der Waals surface area contributed by atoms with Crippen molar-refractivity contribution in [2.45, 2.75) is 65.6 Å². The lowest BCUT2D eigenvalue weighted by molar-refractivity contribution is -0.148. The van der Waals surface area contributed by atoms with E-state index in [2.05, 4.69) is 0 Å². The van der Waals surface area contributed by atoms with Crippen molar-refractivity contribution < 1.29 is 77.5 Å². The number of aliphatic hydroxyl groups excluding tert-OH is 4. The second-order valence-corrected chi connectivity index (χ2v) is 9.62. The molecule has 48 heavy (non-hydrogen) atoms. The van der Waals surface area contributed by atoms with Crippen molar-refractivity contribution in [1.29, 1.82) is 0 Å². The summed E-state index contributed by atoms with van der Waals surface area (Å²) in [7, 11) is 0. The van der Waals surface area contributed by atoms with Gasteiger partial charge < -0.3 is 58.3 Å². The van der Waals surface area contributed by atoms with Crippen molar-refractivity contribution in [1.82, 2.24) is 0 Å². The predicted molar refractivity (Wildman–Crippen MR) is 169 cm³/mol. The summed E-state index contributed by atoms with van der Waals surface area (Å²) in [4.78, 5) is 46.5. The fourth-order valence-electron chi connectivity index (χ4n) is 3.26. The second-order valence-electron chi connectivity index (χ2n) is 9.62. The van der Waals surface area contributed by atoms with Gasteiger partial charge in [0, 0.05) is 38.9 Å². The Balaban J connectivity index is 5.30. The summed E-state index contributed by atoms with van der Waals surface area (Å²) in [5.74, 6) is -5.48. The Morgan fingerprint density at radius 3 is 0.938 bits per heavy atom. The molecular formula is C32H50O16. The van der Waals surface area contributed by atoms with Crippen LogP contribution in [0.25, 0.3) is 0 Å². The summed E-state index contributed by atoms with van der Waals surface area (Å²) in [5.41, 5.74) is 0. The average molecular weight is 691 g/mol. The summed E-state index contributed by atoms with van der Waals surface area (Å²) >= 11 is 0. The van der Waals surface area contributed by atoms with Gasteiger partial charge in [0.15, 0.2) is 23.0 Å². The van der Waals surface area contributed by atoms with Crippen molar-refractivity contribution in [3.8, 4) is 0 Å². The van der Waals surface area contributed by atoms with Crippen LogP contribution in [0.3, 0.4) is 0 Å². The normalized spacial score (nSPS) is 13.8. The van der Waals surface area contributed by atoms with Gasteiger partial charge in [-0.1, -0.05) is 0 Å². The monoisotopic (exact) mass is 690 g/mol. The lowest BCUT2D eigenvalue weighted by Crippen LogP contribution is -2.40. The Kier molecular flexibility index (Phi) is 25.5. The van der Waals surface area contributed by atoms with Gasteiger partial charge in [0.2, 0.25) is 0 Å². The van der Waals surface area contributed by atoms with E-state index in [0.717, 1.165) is 0 Å². The van der Waals surface area contributed by atoms with Crippen molar-refractivity contribution in [2.24, 2.45) is 0 Å². The third kappa shape index (κ3) is 20.9. The predicted octanol–water partition coefficient (Wildman–Crippen LogP) is 3.37. The highest BCUT2D eigenvalue weighted by atomic mass is 16.6. The minimum absolute atomic E-state index is 0.00558. The molecule has 16 heteroatoms. The van der Waals surface area contributed by atoms with Crippen LogP contribution in [0.4, 0.5) is 0 Å². The van der Waals surface area contributed by atoms with Gasteiger partial charge in [0.25, 0.3) is 0 Å². The Labute approximate surface area is 280 Å². The molecule has 0 amide bonds. The van der Waals surface area contributed by atoms with E-state index in [0.29, 0.717) is 12.8 Å². The molecule has 0 aromatic carbocycles. The van der Waals surface area contributed by atoms with E-state index in [1.165, 1.54) is 52.0 Å². The molecule has 4 N–H and O–H groups in total. The van der Waals surface area contributed by atoms with E-state index in [-0.39, 0.29) is 78.9 Å².